The molecule has 2 aliphatic heterocycles. The van der Waals surface area contributed by atoms with Crippen LogP contribution in [0.15, 0.2) is 48.7 Å². The molecule has 0 atom stereocenters. The molecule has 0 radical (unpaired) electrons. The number of fused-ring (bicyclic) bond motifs is 1. The Morgan fingerprint density at radius 2 is 1.59 bits per heavy atom. The third-order valence-electron chi connectivity index (χ3n) is 7.50. The maximum atomic E-state index is 14.4. The lowest BCUT2D eigenvalue weighted by Gasteiger charge is -2.42. The van der Waals surface area contributed by atoms with Crippen LogP contribution in [0, 0.1) is 11.6 Å². The lowest BCUT2D eigenvalue weighted by atomic mass is 10.0. The number of benzene rings is 2. The van der Waals surface area contributed by atoms with Crippen molar-refractivity contribution in [1.29, 1.82) is 0 Å². The van der Waals surface area contributed by atoms with Gasteiger partial charge >= 0.3 is 0 Å². The van der Waals surface area contributed by atoms with Crippen molar-refractivity contribution in [2.24, 2.45) is 0 Å². The summed E-state index contributed by atoms with van der Waals surface area (Å²) in [6.45, 7) is 6.73. The van der Waals surface area contributed by atoms with E-state index in [0.29, 0.717) is 22.9 Å². The molecule has 0 amide bonds. The van der Waals surface area contributed by atoms with Crippen molar-refractivity contribution in [2.75, 3.05) is 56.5 Å². The van der Waals surface area contributed by atoms with Crippen LogP contribution in [-0.4, -0.2) is 82.3 Å². The minimum Gasteiger partial charge on any atom is -0.371 e. The van der Waals surface area contributed by atoms with Gasteiger partial charge in [0.15, 0.2) is 11.6 Å². The standard InChI is InChI=1S/C27H30F2N8/c1-35-13-15-37(16-14-35)20-9-11-36(12-10-20)19-7-5-18(6-8-19)31-27-25-23(17-30-34-25)32-26(33-27)24-21(28)3-2-4-22(24)29/h2-8,17,20H,9-16H2,1H3,(H,30,34)(H,31,32,33). The van der Waals surface area contributed by atoms with Crippen molar-refractivity contribution in [3.8, 4) is 11.4 Å². The molecule has 6 rings (SSSR count). The number of nitrogens with one attached hydrogen (secondary N) is 2. The number of hydrogen-bond donors (Lipinski definition) is 2. The fourth-order valence-electron chi connectivity index (χ4n) is 5.32. The molecule has 0 bridgehead atoms. The van der Waals surface area contributed by atoms with Gasteiger partial charge < -0.3 is 15.1 Å². The molecule has 37 heavy (non-hydrogen) atoms. The van der Waals surface area contributed by atoms with E-state index >= 15 is 0 Å². The van der Waals surface area contributed by atoms with Gasteiger partial charge in [-0.2, -0.15) is 5.10 Å². The Balaban J connectivity index is 1.16. The van der Waals surface area contributed by atoms with Crippen LogP contribution in [0.4, 0.5) is 26.0 Å². The highest BCUT2D eigenvalue weighted by Crippen LogP contribution is 2.30. The number of aromatic nitrogens is 4. The largest absolute Gasteiger partial charge is 0.371 e. The molecular formula is C27H30F2N8. The van der Waals surface area contributed by atoms with Gasteiger partial charge in [0.05, 0.1) is 11.8 Å². The van der Waals surface area contributed by atoms with Crippen LogP contribution in [0.5, 0.6) is 0 Å². The zero-order valence-corrected chi connectivity index (χ0v) is 20.8. The van der Waals surface area contributed by atoms with E-state index in [-0.39, 0.29) is 11.4 Å². The Labute approximate surface area is 214 Å². The van der Waals surface area contributed by atoms with Crippen molar-refractivity contribution in [3.05, 3.63) is 60.3 Å². The van der Waals surface area contributed by atoms with Gasteiger partial charge in [-0.15, -0.1) is 0 Å². The molecule has 10 heteroatoms. The summed E-state index contributed by atoms with van der Waals surface area (Å²) in [6.07, 6.45) is 3.87. The minimum absolute atomic E-state index is 0.0353. The Morgan fingerprint density at radius 3 is 2.30 bits per heavy atom. The number of hydrogen-bond acceptors (Lipinski definition) is 7. The van der Waals surface area contributed by atoms with Crippen LogP contribution in [0.2, 0.25) is 0 Å². The fraction of sp³-hybridized carbons (Fsp3) is 0.370. The number of likely N-dealkylation sites (N-methyl/N-ethyl adjacent to an activating group) is 1. The zero-order chi connectivity index (χ0) is 25.4. The monoisotopic (exact) mass is 504 g/mol. The van der Waals surface area contributed by atoms with E-state index in [9.17, 15) is 8.78 Å². The lowest BCUT2D eigenvalue weighted by Crippen LogP contribution is -2.52. The molecule has 2 aromatic carbocycles. The first-order valence-electron chi connectivity index (χ1n) is 12.8. The predicted molar refractivity (Wildman–Crippen MR) is 141 cm³/mol. The summed E-state index contributed by atoms with van der Waals surface area (Å²) in [6, 6.07) is 12.6. The normalized spacial score (nSPS) is 18.0. The van der Waals surface area contributed by atoms with E-state index in [0.717, 1.165) is 31.9 Å². The van der Waals surface area contributed by atoms with E-state index in [4.69, 9.17) is 0 Å². The second-order valence-corrected chi connectivity index (χ2v) is 9.85. The van der Waals surface area contributed by atoms with Crippen molar-refractivity contribution >= 4 is 28.2 Å². The number of H-pyrrole nitrogens is 1. The average molecular weight is 505 g/mol. The van der Waals surface area contributed by atoms with E-state index in [1.54, 1.807) is 0 Å². The third kappa shape index (κ3) is 4.86. The summed E-state index contributed by atoms with van der Waals surface area (Å²) < 4.78 is 28.8. The molecule has 192 valence electrons. The molecular weight excluding hydrogens is 474 g/mol. The van der Waals surface area contributed by atoms with Crippen molar-refractivity contribution in [3.63, 3.8) is 0 Å². The van der Waals surface area contributed by atoms with Crippen LogP contribution >= 0.6 is 0 Å². The molecule has 8 nitrogen and oxygen atoms in total. The first kappa shape index (κ1) is 23.7. The topological polar surface area (TPSA) is 76.2 Å². The SMILES string of the molecule is CN1CCN(C2CCN(c3ccc(Nc4nc(-c5c(F)cccc5F)nc5cn[nH]c45)cc3)CC2)CC1. The molecule has 4 aromatic rings. The summed E-state index contributed by atoms with van der Waals surface area (Å²) >= 11 is 0. The molecule has 2 fully saturated rings. The Morgan fingerprint density at radius 1 is 0.892 bits per heavy atom. The van der Waals surface area contributed by atoms with Gasteiger partial charge in [0.25, 0.3) is 0 Å². The van der Waals surface area contributed by atoms with Gasteiger partial charge in [-0.05, 0) is 56.3 Å². The summed E-state index contributed by atoms with van der Waals surface area (Å²) in [4.78, 5) is 16.2. The van der Waals surface area contributed by atoms with Crippen LogP contribution in [0.25, 0.3) is 22.4 Å². The van der Waals surface area contributed by atoms with Crippen LogP contribution < -0.4 is 10.2 Å². The second kappa shape index (κ2) is 10.0. The average Bonchev–Trinajstić information content (AvgIpc) is 3.39. The fourth-order valence-corrected chi connectivity index (χ4v) is 5.32. The van der Waals surface area contributed by atoms with Crippen molar-refractivity contribution in [2.45, 2.75) is 18.9 Å². The molecule has 0 spiro atoms. The van der Waals surface area contributed by atoms with E-state index in [2.05, 4.69) is 59.4 Å². The van der Waals surface area contributed by atoms with E-state index in [1.807, 2.05) is 12.1 Å². The van der Waals surface area contributed by atoms with Gasteiger partial charge in [0.2, 0.25) is 0 Å². The van der Waals surface area contributed by atoms with E-state index in [1.165, 1.54) is 56.0 Å². The highest BCUT2D eigenvalue weighted by molar-refractivity contribution is 5.88. The molecule has 2 aromatic heterocycles. The highest BCUT2D eigenvalue weighted by Gasteiger charge is 2.26. The second-order valence-electron chi connectivity index (χ2n) is 9.85. The number of halogens is 2. The predicted octanol–water partition coefficient (Wildman–Crippen LogP) is 4.26. The Bertz CT molecular complexity index is 1350. The summed E-state index contributed by atoms with van der Waals surface area (Å²) in [5.74, 6) is -1.06. The maximum Gasteiger partial charge on any atom is 0.168 e. The number of aromatic amines is 1. The van der Waals surface area contributed by atoms with Gasteiger partial charge in [-0.3, -0.25) is 10.00 Å². The molecule has 4 heterocycles. The summed E-state index contributed by atoms with van der Waals surface area (Å²) in [5, 5.41) is 10.2. The van der Waals surface area contributed by atoms with Crippen molar-refractivity contribution in [1.82, 2.24) is 30.0 Å². The van der Waals surface area contributed by atoms with E-state index < -0.39 is 11.6 Å². The molecule has 2 aliphatic rings. The maximum absolute atomic E-state index is 14.4. The van der Waals surface area contributed by atoms with Gasteiger partial charge in [-0.25, -0.2) is 18.7 Å². The molecule has 0 aliphatic carbocycles. The van der Waals surface area contributed by atoms with Crippen molar-refractivity contribution < 1.29 is 8.78 Å². The first-order chi connectivity index (χ1) is 18.0. The Hall–Kier alpha value is -3.63. The van der Waals surface area contributed by atoms with Gasteiger partial charge in [-0.1, -0.05) is 6.07 Å². The molecule has 2 saturated heterocycles. The quantitative estimate of drug-likeness (QED) is 0.421. The van der Waals surface area contributed by atoms with Crippen LogP contribution in [-0.2, 0) is 0 Å². The highest BCUT2D eigenvalue weighted by atomic mass is 19.1. The summed E-state index contributed by atoms with van der Waals surface area (Å²) in [7, 11) is 2.20. The number of rotatable bonds is 5. The summed E-state index contributed by atoms with van der Waals surface area (Å²) in [5.41, 5.74) is 2.77. The zero-order valence-electron chi connectivity index (χ0n) is 20.8. The molecule has 0 unspecified atom stereocenters. The number of piperazine rings is 1. The number of piperidine rings is 1. The Kier molecular flexibility index (Phi) is 6.43. The smallest absolute Gasteiger partial charge is 0.168 e. The third-order valence-corrected chi connectivity index (χ3v) is 7.50. The van der Waals surface area contributed by atoms with Gasteiger partial charge in [0, 0.05) is 56.7 Å². The van der Waals surface area contributed by atoms with Gasteiger partial charge in [0.1, 0.15) is 22.7 Å². The molecule has 2 N–H and O–H groups in total. The number of anilines is 3. The molecule has 0 saturated carbocycles. The minimum atomic E-state index is -0.713. The van der Waals surface area contributed by atoms with Crippen LogP contribution in [0.3, 0.4) is 0 Å². The number of nitrogens with zero attached hydrogens (tertiary/aromatic N) is 6. The van der Waals surface area contributed by atoms with Crippen LogP contribution in [0.1, 0.15) is 12.8 Å². The lowest BCUT2D eigenvalue weighted by molar-refractivity contribution is 0.0982. The first-order valence-corrected chi connectivity index (χ1v) is 12.8.